The number of aryl methyl sites for hydroxylation is 2. The van der Waals surface area contributed by atoms with Crippen molar-refractivity contribution in [2.24, 2.45) is 0 Å². The molecule has 0 unspecified atom stereocenters. The van der Waals surface area contributed by atoms with E-state index in [0.29, 0.717) is 0 Å². The highest BCUT2D eigenvalue weighted by atomic mass is 32.1. The van der Waals surface area contributed by atoms with Gasteiger partial charge in [-0.25, -0.2) is 0 Å². The van der Waals surface area contributed by atoms with E-state index in [9.17, 15) is 26.3 Å². The monoisotopic (exact) mass is 392 g/mol. The fraction of sp³-hybridized carbons (Fsp3) is 0.294. The number of allylic oxidation sites excluding steroid dienone is 2. The Kier molecular flexibility index (Phi) is 3.90. The summed E-state index contributed by atoms with van der Waals surface area (Å²) >= 11 is 1.93. The van der Waals surface area contributed by atoms with Gasteiger partial charge in [0, 0.05) is 20.9 Å². The second-order valence-electron chi connectivity index (χ2n) is 5.59. The normalized spacial score (nSPS) is 20.8. The lowest BCUT2D eigenvalue weighted by Gasteiger charge is -2.25. The molecular formula is C17H10F6S2. The Morgan fingerprint density at radius 3 is 1.92 bits per heavy atom. The summed E-state index contributed by atoms with van der Waals surface area (Å²) in [7, 11) is 0. The van der Waals surface area contributed by atoms with Crippen LogP contribution >= 0.6 is 22.7 Å². The van der Waals surface area contributed by atoms with E-state index < -0.39 is 28.9 Å². The molecule has 0 saturated carbocycles. The van der Waals surface area contributed by atoms with E-state index in [1.54, 1.807) is 0 Å². The molecule has 3 rings (SSSR count). The van der Waals surface area contributed by atoms with Crippen LogP contribution in [-0.2, 0) is 0 Å². The summed E-state index contributed by atoms with van der Waals surface area (Å²) in [4.78, 5) is 0.642. The SMILES string of the molecule is C#Cc1cc(C2=C(c3ccsc3C)C(F)(F)C(F)(F)C2(F)F)c(C)s1. The lowest BCUT2D eigenvalue weighted by atomic mass is 9.95. The molecule has 1 aliphatic rings. The van der Waals surface area contributed by atoms with E-state index in [4.69, 9.17) is 6.42 Å². The third-order valence-corrected chi connectivity index (χ3v) is 5.95. The summed E-state index contributed by atoms with van der Waals surface area (Å²) in [5.74, 6) is -13.4. The van der Waals surface area contributed by atoms with Gasteiger partial charge in [0.1, 0.15) is 0 Å². The van der Waals surface area contributed by atoms with Crippen molar-refractivity contribution in [2.75, 3.05) is 0 Å². The third-order valence-electron chi connectivity index (χ3n) is 4.12. The molecule has 0 nitrogen and oxygen atoms in total. The molecule has 0 amide bonds. The van der Waals surface area contributed by atoms with Gasteiger partial charge in [0.05, 0.1) is 4.88 Å². The van der Waals surface area contributed by atoms with Crippen LogP contribution < -0.4 is 0 Å². The second-order valence-corrected chi connectivity index (χ2v) is 7.97. The Labute approximate surface area is 147 Å². The summed E-state index contributed by atoms with van der Waals surface area (Å²) in [6.07, 6.45) is 5.22. The van der Waals surface area contributed by atoms with Crippen molar-refractivity contribution in [1.82, 2.24) is 0 Å². The van der Waals surface area contributed by atoms with Crippen molar-refractivity contribution in [3.8, 4) is 12.3 Å². The molecule has 8 heteroatoms. The van der Waals surface area contributed by atoms with Crippen LogP contribution in [0.25, 0.3) is 11.1 Å². The fourth-order valence-corrected chi connectivity index (χ4v) is 4.42. The number of hydrogen-bond acceptors (Lipinski definition) is 2. The molecule has 0 fully saturated rings. The van der Waals surface area contributed by atoms with Gasteiger partial charge in [-0.15, -0.1) is 29.1 Å². The van der Waals surface area contributed by atoms with Gasteiger partial charge in [-0.05, 0) is 42.5 Å². The maximum absolute atomic E-state index is 14.5. The smallest absolute Gasteiger partial charge is 0.194 e. The molecule has 2 heterocycles. The van der Waals surface area contributed by atoms with Crippen molar-refractivity contribution in [3.05, 3.63) is 43.3 Å². The van der Waals surface area contributed by atoms with Gasteiger partial charge in [0.15, 0.2) is 0 Å². The minimum absolute atomic E-state index is 0.182. The Morgan fingerprint density at radius 2 is 1.48 bits per heavy atom. The van der Waals surface area contributed by atoms with Crippen LogP contribution in [0.1, 0.15) is 25.8 Å². The number of rotatable bonds is 2. The van der Waals surface area contributed by atoms with Crippen molar-refractivity contribution in [1.29, 1.82) is 0 Å². The van der Waals surface area contributed by atoms with E-state index >= 15 is 0 Å². The Balaban J connectivity index is 2.45. The predicted molar refractivity (Wildman–Crippen MR) is 87.7 cm³/mol. The summed E-state index contributed by atoms with van der Waals surface area (Å²) < 4.78 is 86.0. The van der Waals surface area contributed by atoms with E-state index in [2.05, 4.69) is 5.92 Å². The standard InChI is InChI=1S/C17H10F6S2/c1-4-10-7-12(9(3)25-10)14-13(11-5-6-24-8(11)2)15(18,19)17(22,23)16(14,20)21/h1,5-7H,2-3H3. The van der Waals surface area contributed by atoms with Gasteiger partial charge >= 0.3 is 17.8 Å². The largest absolute Gasteiger partial charge is 0.380 e. The predicted octanol–water partition coefficient (Wildman–Crippen LogP) is 6.24. The van der Waals surface area contributed by atoms with Gasteiger partial charge in [-0.2, -0.15) is 26.3 Å². The van der Waals surface area contributed by atoms with Crippen LogP contribution in [0.4, 0.5) is 26.3 Å². The first-order chi connectivity index (χ1) is 11.5. The molecule has 0 aromatic carbocycles. The molecule has 0 saturated heterocycles. The van der Waals surface area contributed by atoms with E-state index in [1.165, 1.54) is 19.2 Å². The minimum atomic E-state index is -5.54. The van der Waals surface area contributed by atoms with Crippen LogP contribution in [0.15, 0.2) is 17.5 Å². The van der Waals surface area contributed by atoms with Gasteiger partial charge in [0.2, 0.25) is 0 Å². The molecule has 0 radical (unpaired) electrons. The molecule has 1 aliphatic carbocycles. The maximum Gasteiger partial charge on any atom is 0.380 e. The Bertz CT molecular complexity index is 923. The maximum atomic E-state index is 14.5. The van der Waals surface area contributed by atoms with Gasteiger partial charge in [-0.1, -0.05) is 5.92 Å². The average Bonchev–Trinajstić information content (AvgIpc) is 3.11. The second kappa shape index (κ2) is 5.39. The molecule has 0 bridgehead atoms. The zero-order chi connectivity index (χ0) is 18.8. The summed E-state index contributed by atoms with van der Waals surface area (Å²) in [5, 5.41) is 1.40. The summed E-state index contributed by atoms with van der Waals surface area (Å²) in [5.41, 5.74) is -3.33. The molecule has 25 heavy (non-hydrogen) atoms. The van der Waals surface area contributed by atoms with Crippen LogP contribution in [0.3, 0.4) is 0 Å². The van der Waals surface area contributed by atoms with Crippen LogP contribution in [0.5, 0.6) is 0 Å². The van der Waals surface area contributed by atoms with Gasteiger partial charge in [-0.3, -0.25) is 0 Å². The highest BCUT2D eigenvalue weighted by molar-refractivity contribution is 7.12. The van der Waals surface area contributed by atoms with Crippen molar-refractivity contribution >= 4 is 33.8 Å². The number of thiophene rings is 2. The van der Waals surface area contributed by atoms with E-state index in [1.807, 2.05) is 0 Å². The molecule has 0 atom stereocenters. The fourth-order valence-electron chi connectivity index (χ4n) is 2.88. The topological polar surface area (TPSA) is 0 Å². The lowest BCUT2D eigenvalue weighted by Crippen LogP contribution is -2.48. The zero-order valence-electron chi connectivity index (χ0n) is 12.9. The molecular weight excluding hydrogens is 382 g/mol. The zero-order valence-corrected chi connectivity index (χ0v) is 14.5. The van der Waals surface area contributed by atoms with Crippen LogP contribution in [-0.4, -0.2) is 17.8 Å². The molecule has 0 N–H and O–H groups in total. The average molecular weight is 392 g/mol. The van der Waals surface area contributed by atoms with Gasteiger partial charge < -0.3 is 0 Å². The molecule has 2 aromatic rings. The van der Waals surface area contributed by atoms with Crippen LogP contribution in [0, 0.1) is 26.2 Å². The highest BCUT2D eigenvalue weighted by Gasteiger charge is 2.80. The minimum Gasteiger partial charge on any atom is -0.194 e. The molecule has 132 valence electrons. The van der Waals surface area contributed by atoms with Crippen molar-refractivity contribution < 1.29 is 26.3 Å². The Morgan fingerprint density at radius 1 is 0.920 bits per heavy atom. The third kappa shape index (κ3) is 2.22. The molecule has 0 spiro atoms. The van der Waals surface area contributed by atoms with Crippen LogP contribution in [0.2, 0.25) is 0 Å². The van der Waals surface area contributed by atoms with Gasteiger partial charge in [0.25, 0.3) is 0 Å². The number of hydrogen-bond donors (Lipinski definition) is 0. The number of terminal acetylenes is 1. The first-order valence-corrected chi connectivity index (χ1v) is 8.67. The highest BCUT2D eigenvalue weighted by Crippen LogP contribution is 2.65. The van der Waals surface area contributed by atoms with Crippen molar-refractivity contribution in [3.63, 3.8) is 0 Å². The Hall–Kier alpha value is -1.72. The number of halogens is 6. The number of alkyl halides is 6. The molecule has 2 aromatic heterocycles. The first kappa shape index (κ1) is 18.1. The van der Waals surface area contributed by atoms with E-state index in [-0.39, 0.29) is 25.8 Å². The summed E-state index contributed by atoms with van der Waals surface area (Å²) in [6, 6.07) is 2.24. The van der Waals surface area contributed by atoms with Crippen molar-refractivity contribution in [2.45, 2.75) is 31.6 Å². The van der Waals surface area contributed by atoms with E-state index in [0.717, 1.165) is 34.8 Å². The summed E-state index contributed by atoms with van der Waals surface area (Å²) in [6.45, 7) is 2.80. The lowest BCUT2D eigenvalue weighted by molar-refractivity contribution is -0.254. The quantitative estimate of drug-likeness (QED) is 0.419. The first-order valence-electron chi connectivity index (χ1n) is 6.97. The molecule has 0 aliphatic heterocycles.